The molecule has 0 aliphatic rings. The Morgan fingerprint density at radius 1 is 1.53 bits per heavy atom. The number of hydrogen-bond donors (Lipinski definition) is 2. The average Bonchev–Trinajstić information content (AvgIpc) is 2.25. The van der Waals surface area contributed by atoms with Crippen LogP contribution in [0.4, 0.5) is 5.69 Å². The molecule has 0 aromatic carbocycles. The maximum atomic E-state index is 11.3. The minimum atomic E-state index is -0.559. The number of nitrogen functional groups attached to an aromatic ring is 1. The van der Waals surface area contributed by atoms with Gasteiger partial charge in [0, 0.05) is 18.8 Å². The van der Waals surface area contributed by atoms with Gasteiger partial charge in [-0.05, 0) is 6.07 Å². The first-order valence-electron chi connectivity index (χ1n) is 4.34. The molecule has 15 heavy (non-hydrogen) atoms. The van der Waals surface area contributed by atoms with Gasteiger partial charge in [-0.3, -0.25) is 9.78 Å². The largest absolute Gasteiger partial charge is 0.397 e. The molecule has 80 valence electrons. The molecule has 1 aromatic heterocycles. The van der Waals surface area contributed by atoms with Crippen LogP contribution in [-0.2, 0) is 9.63 Å². The first-order chi connectivity index (χ1) is 7.13. The fourth-order valence-electron chi connectivity index (χ4n) is 0.816. The standard InChI is InChI=1S/C9H11N3O3/c1-2-8(13)15-12-9(14)6-3-7(10)5-11-4-6/h3-5H,2,10H2,1H3,(H,12,14). The van der Waals surface area contributed by atoms with Gasteiger partial charge in [-0.15, -0.1) is 0 Å². The van der Waals surface area contributed by atoms with Gasteiger partial charge in [-0.2, -0.15) is 5.48 Å². The monoisotopic (exact) mass is 209 g/mol. The third kappa shape index (κ3) is 3.26. The molecule has 0 aliphatic carbocycles. The summed E-state index contributed by atoms with van der Waals surface area (Å²) in [6.45, 7) is 1.62. The third-order valence-corrected chi connectivity index (χ3v) is 1.57. The van der Waals surface area contributed by atoms with Gasteiger partial charge < -0.3 is 10.6 Å². The summed E-state index contributed by atoms with van der Waals surface area (Å²) in [4.78, 5) is 30.2. The van der Waals surface area contributed by atoms with E-state index in [1.807, 2.05) is 5.48 Å². The molecule has 0 atom stereocenters. The Kier molecular flexibility index (Phi) is 3.61. The first-order valence-corrected chi connectivity index (χ1v) is 4.34. The van der Waals surface area contributed by atoms with E-state index in [1.165, 1.54) is 18.5 Å². The summed E-state index contributed by atoms with van der Waals surface area (Å²) in [6.07, 6.45) is 2.93. The van der Waals surface area contributed by atoms with Crippen molar-refractivity contribution in [3.05, 3.63) is 24.0 Å². The molecule has 6 nitrogen and oxygen atoms in total. The Hall–Kier alpha value is -2.11. The predicted molar refractivity (Wildman–Crippen MR) is 52.5 cm³/mol. The van der Waals surface area contributed by atoms with Crippen molar-refractivity contribution in [1.29, 1.82) is 0 Å². The van der Waals surface area contributed by atoms with E-state index >= 15 is 0 Å². The van der Waals surface area contributed by atoms with Crippen molar-refractivity contribution < 1.29 is 14.4 Å². The number of hydroxylamine groups is 1. The highest BCUT2D eigenvalue weighted by molar-refractivity contribution is 5.94. The van der Waals surface area contributed by atoms with Crippen LogP contribution in [0.3, 0.4) is 0 Å². The Labute approximate surface area is 86.4 Å². The third-order valence-electron chi connectivity index (χ3n) is 1.57. The number of carbonyl (C=O) groups is 2. The lowest BCUT2D eigenvalue weighted by Crippen LogP contribution is -2.26. The van der Waals surface area contributed by atoms with Crippen molar-refractivity contribution in [3.63, 3.8) is 0 Å². The zero-order valence-corrected chi connectivity index (χ0v) is 8.19. The Bertz CT molecular complexity index is 379. The zero-order chi connectivity index (χ0) is 11.3. The molecular weight excluding hydrogens is 198 g/mol. The fraction of sp³-hybridized carbons (Fsp3) is 0.222. The number of rotatable bonds is 2. The van der Waals surface area contributed by atoms with Gasteiger partial charge in [-0.25, -0.2) is 4.79 Å². The van der Waals surface area contributed by atoms with Crippen molar-refractivity contribution in [2.75, 3.05) is 5.73 Å². The highest BCUT2D eigenvalue weighted by atomic mass is 16.7. The number of nitrogens with one attached hydrogen (secondary N) is 1. The number of aromatic nitrogens is 1. The topological polar surface area (TPSA) is 94.3 Å². The lowest BCUT2D eigenvalue weighted by atomic mass is 10.2. The van der Waals surface area contributed by atoms with E-state index in [2.05, 4.69) is 9.82 Å². The van der Waals surface area contributed by atoms with Crippen LogP contribution < -0.4 is 11.2 Å². The van der Waals surface area contributed by atoms with E-state index < -0.39 is 11.9 Å². The SMILES string of the molecule is CCC(=O)ONC(=O)c1cncc(N)c1. The summed E-state index contributed by atoms with van der Waals surface area (Å²) in [5.41, 5.74) is 8.02. The molecular formula is C9H11N3O3. The van der Waals surface area contributed by atoms with E-state index in [0.717, 1.165) is 0 Å². The van der Waals surface area contributed by atoms with Crippen LogP contribution in [0.1, 0.15) is 23.7 Å². The zero-order valence-electron chi connectivity index (χ0n) is 8.19. The number of amides is 1. The van der Waals surface area contributed by atoms with Crippen molar-refractivity contribution in [2.45, 2.75) is 13.3 Å². The molecule has 0 saturated heterocycles. The van der Waals surface area contributed by atoms with Gasteiger partial charge in [0.05, 0.1) is 11.3 Å². The van der Waals surface area contributed by atoms with Gasteiger partial charge in [-0.1, -0.05) is 6.92 Å². The smallest absolute Gasteiger partial charge is 0.331 e. The van der Waals surface area contributed by atoms with Gasteiger partial charge in [0.2, 0.25) is 0 Å². The highest BCUT2D eigenvalue weighted by Gasteiger charge is 2.08. The number of nitrogens with two attached hydrogens (primary N) is 1. The summed E-state index contributed by atoms with van der Waals surface area (Å²) in [5.74, 6) is -1.07. The molecule has 1 heterocycles. The molecule has 1 amide bonds. The highest BCUT2D eigenvalue weighted by Crippen LogP contribution is 2.03. The molecule has 0 saturated carbocycles. The Morgan fingerprint density at radius 3 is 2.87 bits per heavy atom. The first kappa shape index (κ1) is 11.0. The number of pyridine rings is 1. The quantitative estimate of drug-likeness (QED) is 0.681. The molecule has 0 aliphatic heterocycles. The molecule has 0 fully saturated rings. The molecule has 0 bridgehead atoms. The predicted octanol–water partition coefficient (Wildman–Crippen LogP) is 0.262. The maximum absolute atomic E-state index is 11.3. The molecule has 1 aromatic rings. The van der Waals surface area contributed by atoms with E-state index in [0.29, 0.717) is 5.69 Å². The molecule has 3 N–H and O–H groups in total. The Balaban J connectivity index is 2.58. The van der Waals surface area contributed by atoms with Crippen LogP contribution >= 0.6 is 0 Å². The van der Waals surface area contributed by atoms with Crippen molar-refractivity contribution in [3.8, 4) is 0 Å². The average molecular weight is 209 g/mol. The van der Waals surface area contributed by atoms with E-state index in [1.54, 1.807) is 6.92 Å². The lowest BCUT2D eigenvalue weighted by molar-refractivity contribution is -0.148. The van der Waals surface area contributed by atoms with Gasteiger partial charge in [0.25, 0.3) is 5.91 Å². The number of nitrogens with zero attached hydrogens (tertiary/aromatic N) is 1. The Morgan fingerprint density at radius 2 is 2.27 bits per heavy atom. The maximum Gasteiger partial charge on any atom is 0.331 e. The van der Waals surface area contributed by atoms with E-state index in [4.69, 9.17) is 5.73 Å². The number of carbonyl (C=O) groups excluding carboxylic acids is 2. The van der Waals surface area contributed by atoms with E-state index in [-0.39, 0.29) is 12.0 Å². The number of hydrogen-bond acceptors (Lipinski definition) is 5. The van der Waals surface area contributed by atoms with Gasteiger partial charge in [0.15, 0.2) is 0 Å². The minimum Gasteiger partial charge on any atom is -0.397 e. The summed E-state index contributed by atoms with van der Waals surface area (Å²) >= 11 is 0. The van der Waals surface area contributed by atoms with Crippen LogP contribution in [0.15, 0.2) is 18.5 Å². The number of anilines is 1. The minimum absolute atomic E-state index is 0.190. The molecule has 0 spiro atoms. The molecule has 1 rings (SSSR count). The van der Waals surface area contributed by atoms with Crippen LogP contribution in [0.5, 0.6) is 0 Å². The second-order valence-corrected chi connectivity index (χ2v) is 2.77. The summed E-state index contributed by atoms with van der Waals surface area (Å²) in [6, 6.07) is 1.43. The lowest BCUT2D eigenvalue weighted by Gasteiger charge is -2.04. The van der Waals surface area contributed by atoms with Crippen LogP contribution in [0, 0.1) is 0 Å². The van der Waals surface area contributed by atoms with E-state index in [9.17, 15) is 9.59 Å². The fourth-order valence-corrected chi connectivity index (χ4v) is 0.816. The molecule has 0 unspecified atom stereocenters. The van der Waals surface area contributed by atoms with Crippen molar-refractivity contribution >= 4 is 17.6 Å². The van der Waals surface area contributed by atoms with Crippen molar-refractivity contribution in [1.82, 2.24) is 10.5 Å². The van der Waals surface area contributed by atoms with Gasteiger partial charge in [0.1, 0.15) is 0 Å². The second-order valence-electron chi connectivity index (χ2n) is 2.77. The summed E-state index contributed by atoms with van der Waals surface area (Å²) in [7, 11) is 0. The van der Waals surface area contributed by atoms with Crippen LogP contribution in [-0.4, -0.2) is 16.9 Å². The van der Waals surface area contributed by atoms with Crippen LogP contribution in [0.25, 0.3) is 0 Å². The molecule has 6 heteroatoms. The molecule has 0 radical (unpaired) electrons. The van der Waals surface area contributed by atoms with Crippen molar-refractivity contribution in [2.24, 2.45) is 0 Å². The summed E-state index contributed by atoms with van der Waals surface area (Å²) in [5, 5.41) is 0. The summed E-state index contributed by atoms with van der Waals surface area (Å²) < 4.78 is 0. The second kappa shape index (κ2) is 4.94. The van der Waals surface area contributed by atoms with Crippen LogP contribution in [0.2, 0.25) is 0 Å². The van der Waals surface area contributed by atoms with Gasteiger partial charge >= 0.3 is 5.97 Å². The normalized spacial score (nSPS) is 9.40.